The van der Waals surface area contributed by atoms with Crippen LogP contribution >= 0.6 is 11.3 Å². The van der Waals surface area contributed by atoms with Gasteiger partial charge in [-0.3, -0.25) is 0 Å². The summed E-state index contributed by atoms with van der Waals surface area (Å²) >= 11 is 1.28. The van der Waals surface area contributed by atoms with E-state index in [1.807, 2.05) is 0 Å². The molecule has 0 aliphatic heterocycles. The first-order valence-corrected chi connectivity index (χ1v) is 6.74. The van der Waals surface area contributed by atoms with Crippen LogP contribution in [0.15, 0.2) is 34.9 Å². The van der Waals surface area contributed by atoms with Gasteiger partial charge < -0.3 is 14.4 Å². The number of hydrogen-bond donors (Lipinski definition) is 1. The normalized spacial score (nSPS) is 10.3. The van der Waals surface area contributed by atoms with Crippen LogP contribution in [0.2, 0.25) is 0 Å². The minimum atomic E-state index is 0.0434. The minimum absolute atomic E-state index is 0.0434. The van der Waals surface area contributed by atoms with E-state index in [9.17, 15) is 5.11 Å². The Morgan fingerprint density at radius 2 is 2.19 bits per heavy atom. The van der Waals surface area contributed by atoms with Crippen LogP contribution in [0.25, 0.3) is 22.2 Å². The Bertz CT molecular complexity index is 832. The van der Waals surface area contributed by atoms with Gasteiger partial charge in [-0.05, 0) is 30.3 Å². The van der Waals surface area contributed by atoms with Crippen molar-refractivity contribution in [2.75, 3.05) is 7.11 Å². The second-order valence-electron chi connectivity index (χ2n) is 4.09. The highest BCUT2D eigenvalue weighted by Gasteiger charge is 2.14. The highest BCUT2D eigenvalue weighted by Crippen LogP contribution is 2.32. The maximum atomic E-state index is 9.58. The quantitative estimate of drug-likeness (QED) is 0.799. The first kappa shape index (κ1) is 13.1. The lowest BCUT2D eigenvalue weighted by atomic mass is 10.2. The first-order valence-electron chi connectivity index (χ1n) is 5.92. The lowest BCUT2D eigenvalue weighted by Gasteiger charge is -2.03. The first-order chi connectivity index (χ1) is 10.2. The second-order valence-corrected chi connectivity index (χ2v) is 5.17. The van der Waals surface area contributed by atoms with Crippen molar-refractivity contribution >= 4 is 11.3 Å². The highest BCUT2D eigenvalue weighted by molar-refractivity contribution is 7.15. The molecule has 1 aromatic carbocycles. The molecular formula is C14H9N3O3S. The van der Waals surface area contributed by atoms with Gasteiger partial charge in [0.05, 0.1) is 12.0 Å². The largest absolute Gasteiger partial charge is 0.504 e. The predicted octanol–water partition coefficient (Wildman–Crippen LogP) is 3.05. The number of ether oxygens (including phenoxy) is 1. The molecule has 0 aliphatic rings. The van der Waals surface area contributed by atoms with Gasteiger partial charge in [0.15, 0.2) is 11.5 Å². The molecule has 21 heavy (non-hydrogen) atoms. The lowest BCUT2D eigenvalue weighted by Crippen LogP contribution is -1.86. The van der Waals surface area contributed by atoms with E-state index in [0.29, 0.717) is 27.9 Å². The summed E-state index contributed by atoms with van der Waals surface area (Å²) in [5, 5.41) is 22.3. The van der Waals surface area contributed by atoms with Crippen LogP contribution < -0.4 is 4.74 Å². The van der Waals surface area contributed by atoms with Crippen LogP contribution in [-0.4, -0.2) is 22.4 Å². The van der Waals surface area contributed by atoms with Crippen molar-refractivity contribution in [3.05, 3.63) is 35.2 Å². The molecule has 104 valence electrons. The Morgan fingerprint density at radius 1 is 1.33 bits per heavy atom. The zero-order chi connectivity index (χ0) is 14.8. The second kappa shape index (κ2) is 5.26. The van der Waals surface area contributed by atoms with E-state index in [0.717, 1.165) is 4.88 Å². The number of methoxy groups -OCH3 is 1. The van der Waals surface area contributed by atoms with E-state index in [4.69, 9.17) is 14.5 Å². The van der Waals surface area contributed by atoms with Gasteiger partial charge in [0, 0.05) is 5.56 Å². The fraction of sp³-hybridized carbons (Fsp3) is 0.0714. The molecule has 0 bridgehead atoms. The van der Waals surface area contributed by atoms with Gasteiger partial charge in [-0.25, -0.2) is 0 Å². The van der Waals surface area contributed by atoms with Crippen molar-refractivity contribution in [1.82, 2.24) is 10.1 Å². The third kappa shape index (κ3) is 2.44. The van der Waals surface area contributed by atoms with Gasteiger partial charge in [0.25, 0.3) is 5.89 Å². The van der Waals surface area contributed by atoms with Gasteiger partial charge in [-0.15, -0.1) is 11.3 Å². The van der Waals surface area contributed by atoms with Gasteiger partial charge in [-0.2, -0.15) is 10.2 Å². The average molecular weight is 299 g/mol. The van der Waals surface area contributed by atoms with E-state index in [2.05, 4.69) is 16.2 Å². The molecule has 2 heterocycles. The van der Waals surface area contributed by atoms with Crippen molar-refractivity contribution < 1.29 is 14.4 Å². The van der Waals surface area contributed by atoms with E-state index in [-0.39, 0.29) is 5.75 Å². The fourth-order valence-corrected chi connectivity index (χ4v) is 2.50. The predicted molar refractivity (Wildman–Crippen MR) is 76.0 cm³/mol. The van der Waals surface area contributed by atoms with Gasteiger partial charge in [0.2, 0.25) is 5.82 Å². The molecule has 0 saturated carbocycles. The summed E-state index contributed by atoms with van der Waals surface area (Å²) in [7, 11) is 1.47. The van der Waals surface area contributed by atoms with Crippen molar-refractivity contribution in [1.29, 1.82) is 5.26 Å². The molecule has 0 saturated heterocycles. The Kier molecular flexibility index (Phi) is 3.30. The maximum absolute atomic E-state index is 9.58. The van der Waals surface area contributed by atoms with E-state index in [1.54, 1.807) is 24.3 Å². The maximum Gasteiger partial charge on any atom is 0.268 e. The number of aromatic nitrogens is 2. The SMILES string of the molecule is COc1cc(-c2noc(-c3ccc(C#N)s3)n2)ccc1O. The molecule has 1 N–H and O–H groups in total. The molecule has 0 atom stereocenters. The molecule has 0 fully saturated rings. The number of phenols is 1. The summed E-state index contributed by atoms with van der Waals surface area (Å²) in [5.41, 5.74) is 0.664. The lowest BCUT2D eigenvalue weighted by molar-refractivity contribution is 0.373. The van der Waals surface area contributed by atoms with E-state index >= 15 is 0 Å². The number of rotatable bonds is 3. The number of aromatic hydroxyl groups is 1. The number of thiophene rings is 1. The fourth-order valence-electron chi connectivity index (χ4n) is 1.77. The van der Waals surface area contributed by atoms with E-state index < -0.39 is 0 Å². The Labute approximate surface area is 123 Å². The Balaban J connectivity index is 1.96. The standard InChI is InChI=1S/C14H9N3O3S/c1-19-11-6-8(2-4-10(11)18)13-16-14(20-17-13)12-5-3-9(7-15)21-12/h2-6,18H,1H3. The number of nitrogens with zero attached hydrogens (tertiary/aromatic N) is 3. The molecule has 0 aliphatic carbocycles. The summed E-state index contributed by atoms with van der Waals surface area (Å²) < 4.78 is 10.2. The molecule has 0 amide bonds. The molecule has 0 spiro atoms. The van der Waals surface area contributed by atoms with E-state index in [1.165, 1.54) is 24.5 Å². The van der Waals surface area contributed by atoms with Crippen LogP contribution in [-0.2, 0) is 0 Å². The van der Waals surface area contributed by atoms with Crippen LogP contribution in [0.4, 0.5) is 0 Å². The minimum Gasteiger partial charge on any atom is -0.504 e. The summed E-state index contributed by atoms with van der Waals surface area (Å²) in [6.07, 6.45) is 0. The molecule has 3 rings (SSSR count). The third-order valence-corrected chi connectivity index (χ3v) is 3.77. The number of hydrogen-bond acceptors (Lipinski definition) is 7. The molecule has 3 aromatic rings. The molecule has 6 nitrogen and oxygen atoms in total. The van der Waals surface area contributed by atoms with Crippen LogP contribution in [0.3, 0.4) is 0 Å². The Hall–Kier alpha value is -2.85. The molecule has 0 radical (unpaired) electrons. The van der Waals surface area contributed by atoms with Gasteiger partial charge in [-0.1, -0.05) is 5.16 Å². The number of phenolic OH excluding ortho intramolecular Hbond substituents is 1. The number of nitriles is 1. The van der Waals surface area contributed by atoms with Gasteiger partial charge in [0.1, 0.15) is 10.9 Å². The van der Waals surface area contributed by atoms with Crippen LogP contribution in [0.1, 0.15) is 4.88 Å². The third-order valence-electron chi connectivity index (χ3n) is 2.79. The Morgan fingerprint density at radius 3 is 2.90 bits per heavy atom. The zero-order valence-electron chi connectivity index (χ0n) is 10.9. The van der Waals surface area contributed by atoms with Crippen molar-refractivity contribution in [2.24, 2.45) is 0 Å². The molecule has 0 unspecified atom stereocenters. The van der Waals surface area contributed by atoms with Gasteiger partial charge >= 0.3 is 0 Å². The van der Waals surface area contributed by atoms with Crippen LogP contribution in [0, 0.1) is 11.3 Å². The monoisotopic (exact) mass is 299 g/mol. The van der Waals surface area contributed by atoms with Crippen molar-refractivity contribution in [3.8, 4) is 39.7 Å². The number of benzene rings is 1. The average Bonchev–Trinajstić information content (AvgIpc) is 3.16. The topological polar surface area (TPSA) is 92.2 Å². The highest BCUT2D eigenvalue weighted by atomic mass is 32.1. The summed E-state index contributed by atoms with van der Waals surface area (Å²) in [5.74, 6) is 1.11. The summed E-state index contributed by atoms with van der Waals surface area (Å²) in [4.78, 5) is 5.60. The van der Waals surface area contributed by atoms with Crippen molar-refractivity contribution in [2.45, 2.75) is 0 Å². The molecular weight excluding hydrogens is 290 g/mol. The van der Waals surface area contributed by atoms with Crippen LogP contribution in [0.5, 0.6) is 11.5 Å². The zero-order valence-corrected chi connectivity index (χ0v) is 11.7. The molecule has 7 heteroatoms. The summed E-state index contributed by atoms with van der Waals surface area (Å²) in [6, 6.07) is 10.3. The molecule has 2 aromatic heterocycles. The summed E-state index contributed by atoms with van der Waals surface area (Å²) in [6.45, 7) is 0. The van der Waals surface area contributed by atoms with Crippen molar-refractivity contribution in [3.63, 3.8) is 0 Å². The smallest absolute Gasteiger partial charge is 0.268 e.